The number of piperazine rings is 1. The lowest BCUT2D eigenvalue weighted by molar-refractivity contribution is -0.138. The van der Waals surface area contributed by atoms with Crippen molar-refractivity contribution >= 4 is 17.3 Å². The molecule has 2 aliphatic heterocycles. The smallest absolute Gasteiger partial charge is 0.379 e. The molecule has 0 saturated carbocycles. The fraction of sp³-hybridized carbons (Fsp3) is 0.571. The summed E-state index contributed by atoms with van der Waals surface area (Å²) in [5.74, 6) is -0.0228. The van der Waals surface area contributed by atoms with Gasteiger partial charge in [0.15, 0.2) is 0 Å². The van der Waals surface area contributed by atoms with E-state index in [4.69, 9.17) is 4.74 Å². The van der Waals surface area contributed by atoms with Gasteiger partial charge in [-0.2, -0.15) is 18.3 Å². The molecule has 2 fully saturated rings. The number of amides is 1. The van der Waals surface area contributed by atoms with Crippen LogP contribution >= 0.6 is 0 Å². The van der Waals surface area contributed by atoms with E-state index >= 15 is 0 Å². The van der Waals surface area contributed by atoms with Crippen LogP contribution in [0.25, 0.3) is 0 Å². The van der Waals surface area contributed by atoms with Crippen LogP contribution in [-0.4, -0.2) is 83.0 Å². The number of carbonyl (C=O) groups excluding carboxylic acids is 1. The topological polar surface area (TPSA) is 108 Å². The summed E-state index contributed by atoms with van der Waals surface area (Å²) in [6, 6.07) is -0.323. The fourth-order valence-corrected chi connectivity index (χ4v) is 4.41. The van der Waals surface area contributed by atoms with Gasteiger partial charge in [-0.15, -0.1) is 0 Å². The van der Waals surface area contributed by atoms with Gasteiger partial charge in [0.05, 0.1) is 55.6 Å². The van der Waals surface area contributed by atoms with Crippen molar-refractivity contribution in [2.24, 2.45) is 0 Å². The van der Waals surface area contributed by atoms with Crippen molar-refractivity contribution in [3.8, 4) is 0 Å². The Morgan fingerprint density at radius 1 is 1.12 bits per heavy atom. The summed E-state index contributed by atoms with van der Waals surface area (Å²) in [6.07, 6.45) is 2.70. The van der Waals surface area contributed by atoms with E-state index in [1.54, 1.807) is 17.3 Å². The number of rotatable bonds is 7. The van der Waals surface area contributed by atoms with Gasteiger partial charge in [-0.25, -0.2) is 15.1 Å². The summed E-state index contributed by atoms with van der Waals surface area (Å²) < 4.78 is 46.0. The maximum absolute atomic E-state index is 13.4. The quantitative estimate of drug-likeness (QED) is 0.590. The number of halogens is 3. The minimum atomic E-state index is -4.79. The molecule has 184 valence electrons. The average molecular weight is 481 g/mol. The Hall–Kier alpha value is -3.22. The van der Waals surface area contributed by atoms with E-state index < -0.39 is 17.3 Å². The van der Waals surface area contributed by atoms with Crippen LogP contribution < -0.4 is 15.4 Å². The Morgan fingerprint density at radius 2 is 1.85 bits per heavy atom. The minimum Gasteiger partial charge on any atom is -0.379 e. The van der Waals surface area contributed by atoms with E-state index in [-0.39, 0.29) is 37.3 Å². The highest BCUT2D eigenvalue weighted by Crippen LogP contribution is 2.36. The molecule has 4 rings (SSSR count). The van der Waals surface area contributed by atoms with Crippen LogP contribution in [0.15, 0.2) is 29.7 Å². The SMILES string of the molecule is O=C(CCOCC1CCCN1c1cn[nH]c(=O)c1C(F)(F)F)N1CCN(c2cncnc2)CC1. The highest BCUT2D eigenvalue weighted by atomic mass is 19.4. The predicted molar refractivity (Wildman–Crippen MR) is 116 cm³/mol. The molecule has 2 aliphatic rings. The zero-order chi connectivity index (χ0) is 24.1. The summed E-state index contributed by atoms with van der Waals surface area (Å²) in [7, 11) is 0. The monoisotopic (exact) mass is 481 g/mol. The second-order valence-corrected chi connectivity index (χ2v) is 8.24. The average Bonchev–Trinajstić information content (AvgIpc) is 3.30. The molecule has 0 spiro atoms. The van der Waals surface area contributed by atoms with Gasteiger partial charge < -0.3 is 19.4 Å². The molecule has 10 nitrogen and oxygen atoms in total. The Morgan fingerprint density at radius 3 is 2.56 bits per heavy atom. The summed E-state index contributed by atoms with van der Waals surface area (Å²) in [4.78, 5) is 37.8. The Labute approximate surface area is 193 Å². The van der Waals surface area contributed by atoms with E-state index in [1.807, 2.05) is 5.10 Å². The van der Waals surface area contributed by atoms with Crippen molar-refractivity contribution in [2.75, 3.05) is 55.7 Å². The highest BCUT2D eigenvalue weighted by molar-refractivity contribution is 5.76. The molecule has 2 aromatic heterocycles. The molecule has 34 heavy (non-hydrogen) atoms. The first-order valence-electron chi connectivity index (χ1n) is 11.1. The van der Waals surface area contributed by atoms with Gasteiger partial charge in [0.2, 0.25) is 5.91 Å². The number of carbonyl (C=O) groups is 1. The van der Waals surface area contributed by atoms with Crippen molar-refractivity contribution in [3.05, 3.63) is 40.8 Å². The molecular weight excluding hydrogens is 455 g/mol. The van der Waals surface area contributed by atoms with E-state index in [1.165, 1.54) is 11.2 Å². The van der Waals surface area contributed by atoms with E-state index in [0.717, 1.165) is 11.9 Å². The number of hydrogen-bond acceptors (Lipinski definition) is 8. The molecule has 1 unspecified atom stereocenters. The standard InChI is InChI=1S/C21H26F3N7O3/c22-21(23,24)19-17(12-27-28-20(19)33)31-4-1-2-15(31)13-34-9-3-18(32)30-7-5-29(6-8-30)16-10-25-14-26-11-16/h10-12,14-15H,1-9,13H2,(H,28,33). The number of H-pyrrole nitrogens is 1. The van der Waals surface area contributed by atoms with Gasteiger partial charge in [0, 0.05) is 32.7 Å². The Kier molecular flexibility index (Phi) is 7.29. The first-order chi connectivity index (χ1) is 16.3. The third kappa shape index (κ3) is 5.46. The zero-order valence-electron chi connectivity index (χ0n) is 18.5. The number of alkyl halides is 3. The number of aromatic amines is 1. The lowest BCUT2D eigenvalue weighted by atomic mass is 10.2. The number of anilines is 2. The Bertz CT molecular complexity index is 1030. The van der Waals surface area contributed by atoms with Gasteiger partial charge in [-0.1, -0.05) is 0 Å². The molecule has 0 aliphatic carbocycles. The first kappa shape index (κ1) is 23.9. The lowest BCUT2D eigenvalue weighted by Gasteiger charge is -2.35. The first-order valence-corrected chi connectivity index (χ1v) is 11.1. The van der Waals surface area contributed by atoms with Gasteiger partial charge in [-0.3, -0.25) is 9.59 Å². The molecular formula is C21H26F3N7O3. The van der Waals surface area contributed by atoms with Gasteiger partial charge in [-0.05, 0) is 12.8 Å². The van der Waals surface area contributed by atoms with Gasteiger partial charge in [0.1, 0.15) is 11.9 Å². The molecule has 0 bridgehead atoms. The summed E-state index contributed by atoms with van der Waals surface area (Å²) in [6.45, 7) is 3.25. The largest absolute Gasteiger partial charge is 0.423 e. The summed E-state index contributed by atoms with van der Waals surface area (Å²) in [5, 5.41) is 5.41. The number of hydrogen-bond donors (Lipinski definition) is 1. The van der Waals surface area contributed by atoms with Crippen LogP contribution in [-0.2, 0) is 15.7 Å². The van der Waals surface area contributed by atoms with Gasteiger partial charge >= 0.3 is 6.18 Å². The third-order valence-electron chi connectivity index (χ3n) is 6.12. The molecule has 0 radical (unpaired) electrons. The van der Waals surface area contributed by atoms with E-state index in [2.05, 4.69) is 20.0 Å². The lowest BCUT2D eigenvalue weighted by Crippen LogP contribution is -2.49. The number of ether oxygens (including phenoxy) is 1. The van der Waals surface area contributed by atoms with Crippen LogP contribution in [0.3, 0.4) is 0 Å². The highest BCUT2D eigenvalue weighted by Gasteiger charge is 2.40. The summed E-state index contributed by atoms with van der Waals surface area (Å²) in [5.41, 5.74) is -1.82. The maximum atomic E-state index is 13.4. The van der Waals surface area contributed by atoms with Crippen molar-refractivity contribution in [3.63, 3.8) is 0 Å². The molecule has 2 saturated heterocycles. The van der Waals surface area contributed by atoms with Crippen LogP contribution in [0.2, 0.25) is 0 Å². The molecule has 2 aromatic rings. The molecule has 1 amide bonds. The molecule has 4 heterocycles. The van der Waals surface area contributed by atoms with E-state index in [9.17, 15) is 22.8 Å². The van der Waals surface area contributed by atoms with Crippen molar-refractivity contribution in [1.82, 2.24) is 25.1 Å². The molecule has 13 heteroatoms. The van der Waals surface area contributed by atoms with Crippen molar-refractivity contribution in [2.45, 2.75) is 31.5 Å². The molecule has 1 atom stereocenters. The van der Waals surface area contributed by atoms with Crippen LogP contribution in [0, 0.1) is 0 Å². The summed E-state index contributed by atoms with van der Waals surface area (Å²) >= 11 is 0. The third-order valence-corrected chi connectivity index (χ3v) is 6.12. The van der Waals surface area contributed by atoms with Crippen molar-refractivity contribution in [1.29, 1.82) is 0 Å². The number of nitrogens with zero attached hydrogens (tertiary/aromatic N) is 6. The molecule has 1 N–H and O–H groups in total. The second-order valence-electron chi connectivity index (χ2n) is 8.24. The number of aromatic nitrogens is 4. The van der Waals surface area contributed by atoms with Crippen LogP contribution in [0.4, 0.5) is 24.5 Å². The number of nitrogens with one attached hydrogen (secondary N) is 1. The fourth-order valence-electron chi connectivity index (χ4n) is 4.41. The van der Waals surface area contributed by atoms with Gasteiger partial charge in [0.25, 0.3) is 5.56 Å². The normalized spacial score (nSPS) is 19.0. The predicted octanol–water partition coefficient (Wildman–Crippen LogP) is 1.30. The maximum Gasteiger partial charge on any atom is 0.423 e. The second kappa shape index (κ2) is 10.4. The molecule has 0 aromatic carbocycles. The zero-order valence-corrected chi connectivity index (χ0v) is 18.5. The van der Waals surface area contributed by atoms with Crippen LogP contribution in [0.1, 0.15) is 24.8 Å². The van der Waals surface area contributed by atoms with E-state index in [0.29, 0.717) is 45.6 Å². The Balaban J connectivity index is 1.25. The van der Waals surface area contributed by atoms with Crippen molar-refractivity contribution < 1.29 is 22.7 Å². The minimum absolute atomic E-state index is 0.0228. The van der Waals surface area contributed by atoms with Crippen LogP contribution in [0.5, 0.6) is 0 Å².